The zero-order chi connectivity index (χ0) is 10.7. The third-order valence-electron chi connectivity index (χ3n) is 2.12. The van der Waals surface area contributed by atoms with E-state index in [1.807, 2.05) is 11.3 Å². The van der Waals surface area contributed by atoms with Gasteiger partial charge in [0.25, 0.3) is 0 Å². The SMILES string of the molecule is Cc1cc(Br)c(C(Br)CCC(C)C)s1. The van der Waals surface area contributed by atoms with Gasteiger partial charge in [0.15, 0.2) is 0 Å². The maximum absolute atomic E-state index is 3.76. The quantitative estimate of drug-likeness (QED) is 0.618. The standard InChI is InChI=1S/C11H16Br2S/c1-7(2)4-5-9(12)11-10(13)6-8(3)14-11/h6-7,9H,4-5H2,1-3H3. The van der Waals surface area contributed by atoms with Crippen molar-refractivity contribution >= 4 is 43.2 Å². The van der Waals surface area contributed by atoms with Gasteiger partial charge in [0.1, 0.15) is 0 Å². The molecule has 3 heteroatoms. The molecule has 0 N–H and O–H groups in total. The zero-order valence-corrected chi connectivity index (χ0v) is 12.8. The minimum absolute atomic E-state index is 0.512. The van der Waals surface area contributed by atoms with Crippen LogP contribution in [0.25, 0.3) is 0 Å². The van der Waals surface area contributed by atoms with E-state index < -0.39 is 0 Å². The third-order valence-corrected chi connectivity index (χ3v) is 5.42. The predicted molar refractivity (Wildman–Crippen MR) is 72.5 cm³/mol. The molecule has 1 rings (SSSR count). The van der Waals surface area contributed by atoms with Crippen molar-refractivity contribution < 1.29 is 0 Å². The summed E-state index contributed by atoms with van der Waals surface area (Å²) in [5, 5.41) is 0. The number of alkyl halides is 1. The fourth-order valence-electron chi connectivity index (χ4n) is 1.33. The van der Waals surface area contributed by atoms with Crippen LogP contribution < -0.4 is 0 Å². The smallest absolute Gasteiger partial charge is 0.0500 e. The van der Waals surface area contributed by atoms with E-state index in [2.05, 4.69) is 58.7 Å². The van der Waals surface area contributed by atoms with E-state index in [4.69, 9.17) is 0 Å². The summed E-state index contributed by atoms with van der Waals surface area (Å²) in [7, 11) is 0. The Kier molecular flexibility index (Phi) is 5.15. The van der Waals surface area contributed by atoms with Crippen LogP contribution in [-0.4, -0.2) is 0 Å². The van der Waals surface area contributed by atoms with E-state index in [0.717, 1.165) is 5.92 Å². The van der Waals surface area contributed by atoms with Gasteiger partial charge in [0.2, 0.25) is 0 Å². The van der Waals surface area contributed by atoms with Crippen LogP contribution in [0.1, 0.15) is 41.3 Å². The lowest BCUT2D eigenvalue weighted by Crippen LogP contribution is -1.92. The molecule has 1 unspecified atom stereocenters. The summed E-state index contributed by atoms with van der Waals surface area (Å²) in [6.45, 7) is 6.70. The van der Waals surface area contributed by atoms with Crippen molar-refractivity contribution in [2.75, 3.05) is 0 Å². The van der Waals surface area contributed by atoms with Crippen LogP contribution in [-0.2, 0) is 0 Å². The highest BCUT2D eigenvalue weighted by Gasteiger charge is 2.14. The molecular weight excluding hydrogens is 324 g/mol. The number of hydrogen-bond donors (Lipinski definition) is 0. The van der Waals surface area contributed by atoms with Gasteiger partial charge in [-0.2, -0.15) is 0 Å². The number of halogens is 2. The Hall–Kier alpha value is 0.660. The average Bonchev–Trinajstić information content (AvgIpc) is 2.41. The summed E-state index contributed by atoms with van der Waals surface area (Å²) in [5.41, 5.74) is 0. The lowest BCUT2D eigenvalue weighted by atomic mass is 10.1. The largest absolute Gasteiger partial charge is 0.143 e. The number of rotatable bonds is 4. The van der Waals surface area contributed by atoms with E-state index in [0.29, 0.717) is 4.83 Å². The number of thiophene rings is 1. The lowest BCUT2D eigenvalue weighted by Gasteiger charge is -2.10. The van der Waals surface area contributed by atoms with Gasteiger partial charge in [-0.25, -0.2) is 0 Å². The molecule has 1 heterocycles. The Morgan fingerprint density at radius 1 is 1.36 bits per heavy atom. The first kappa shape index (κ1) is 12.7. The highest BCUT2D eigenvalue weighted by atomic mass is 79.9. The summed E-state index contributed by atoms with van der Waals surface area (Å²) in [5.74, 6) is 0.787. The van der Waals surface area contributed by atoms with Crippen molar-refractivity contribution in [2.45, 2.75) is 38.4 Å². The monoisotopic (exact) mass is 338 g/mol. The van der Waals surface area contributed by atoms with Crippen LogP contribution in [0.4, 0.5) is 0 Å². The molecule has 0 amide bonds. The van der Waals surface area contributed by atoms with E-state index in [9.17, 15) is 0 Å². The van der Waals surface area contributed by atoms with Gasteiger partial charge in [-0.3, -0.25) is 0 Å². The molecule has 14 heavy (non-hydrogen) atoms. The Labute approximate surface area is 107 Å². The molecule has 0 aliphatic carbocycles. The molecule has 80 valence electrons. The van der Waals surface area contributed by atoms with Crippen LogP contribution in [0.3, 0.4) is 0 Å². The normalized spacial score (nSPS) is 13.6. The number of aryl methyl sites for hydroxylation is 1. The van der Waals surface area contributed by atoms with E-state index >= 15 is 0 Å². The van der Waals surface area contributed by atoms with Crippen LogP contribution in [0.2, 0.25) is 0 Å². The maximum Gasteiger partial charge on any atom is 0.0500 e. The molecule has 0 nitrogen and oxygen atoms in total. The number of hydrogen-bond acceptors (Lipinski definition) is 1. The molecule has 0 aliphatic heterocycles. The first-order valence-corrected chi connectivity index (χ1v) is 7.43. The third kappa shape index (κ3) is 3.67. The zero-order valence-electron chi connectivity index (χ0n) is 8.81. The maximum atomic E-state index is 3.76. The summed E-state index contributed by atoms with van der Waals surface area (Å²) in [6, 6.07) is 2.20. The average molecular weight is 340 g/mol. The summed E-state index contributed by atoms with van der Waals surface area (Å²) in [6.07, 6.45) is 2.50. The fourth-order valence-corrected chi connectivity index (χ4v) is 4.36. The van der Waals surface area contributed by atoms with Crippen molar-refractivity contribution in [3.05, 3.63) is 20.3 Å². The molecule has 0 fully saturated rings. The van der Waals surface area contributed by atoms with Crippen LogP contribution in [0, 0.1) is 12.8 Å². The minimum Gasteiger partial charge on any atom is -0.143 e. The molecule has 0 aromatic carbocycles. The molecule has 0 saturated heterocycles. The molecule has 0 radical (unpaired) electrons. The fraction of sp³-hybridized carbons (Fsp3) is 0.636. The first-order chi connectivity index (χ1) is 6.50. The Bertz CT molecular complexity index is 291. The topological polar surface area (TPSA) is 0 Å². The van der Waals surface area contributed by atoms with Crippen molar-refractivity contribution in [2.24, 2.45) is 5.92 Å². The highest BCUT2D eigenvalue weighted by molar-refractivity contribution is 9.11. The molecule has 1 aromatic rings. The van der Waals surface area contributed by atoms with Crippen molar-refractivity contribution in [1.82, 2.24) is 0 Å². The minimum atomic E-state index is 0.512. The molecule has 0 bridgehead atoms. The summed E-state index contributed by atoms with van der Waals surface area (Å²) in [4.78, 5) is 3.32. The highest BCUT2D eigenvalue weighted by Crippen LogP contribution is 2.39. The predicted octanol–water partition coefficient (Wildman–Crippen LogP) is 5.69. The van der Waals surface area contributed by atoms with Gasteiger partial charge in [-0.1, -0.05) is 29.8 Å². The molecule has 0 spiro atoms. The first-order valence-electron chi connectivity index (χ1n) is 4.90. The van der Waals surface area contributed by atoms with Gasteiger partial charge in [0, 0.05) is 14.2 Å². The van der Waals surface area contributed by atoms with Crippen LogP contribution in [0.15, 0.2) is 10.5 Å². The van der Waals surface area contributed by atoms with Crippen LogP contribution >= 0.6 is 43.2 Å². The van der Waals surface area contributed by atoms with Crippen molar-refractivity contribution in [3.8, 4) is 0 Å². The second-order valence-electron chi connectivity index (χ2n) is 4.01. The van der Waals surface area contributed by atoms with Crippen LogP contribution in [0.5, 0.6) is 0 Å². The molecular formula is C11H16Br2S. The lowest BCUT2D eigenvalue weighted by molar-refractivity contribution is 0.555. The molecule has 0 aliphatic rings. The van der Waals surface area contributed by atoms with Gasteiger partial charge < -0.3 is 0 Å². The molecule has 0 saturated carbocycles. The van der Waals surface area contributed by atoms with Gasteiger partial charge in [-0.15, -0.1) is 11.3 Å². The van der Waals surface area contributed by atoms with Gasteiger partial charge in [0.05, 0.1) is 4.83 Å². The van der Waals surface area contributed by atoms with Gasteiger partial charge in [-0.05, 0) is 47.7 Å². The van der Waals surface area contributed by atoms with Crippen molar-refractivity contribution in [1.29, 1.82) is 0 Å². The summed E-state index contributed by atoms with van der Waals surface area (Å²) < 4.78 is 1.26. The van der Waals surface area contributed by atoms with E-state index in [1.54, 1.807) is 0 Å². The molecule has 1 atom stereocenters. The van der Waals surface area contributed by atoms with Crippen molar-refractivity contribution in [3.63, 3.8) is 0 Å². The Balaban J connectivity index is 2.60. The second-order valence-corrected chi connectivity index (χ2v) is 7.26. The Morgan fingerprint density at radius 3 is 2.43 bits per heavy atom. The van der Waals surface area contributed by atoms with E-state index in [1.165, 1.54) is 27.1 Å². The second kappa shape index (κ2) is 5.66. The molecule has 1 aromatic heterocycles. The Morgan fingerprint density at radius 2 is 2.00 bits per heavy atom. The van der Waals surface area contributed by atoms with E-state index in [-0.39, 0.29) is 0 Å². The summed E-state index contributed by atoms with van der Waals surface area (Å²) >= 11 is 9.24. The van der Waals surface area contributed by atoms with Gasteiger partial charge >= 0.3 is 0 Å².